The molecule has 5 nitrogen and oxygen atoms in total. The first-order valence-corrected chi connectivity index (χ1v) is 11.1. The lowest BCUT2D eigenvalue weighted by molar-refractivity contribution is -0.132. The third-order valence-electron chi connectivity index (χ3n) is 5.69. The van der Waals surface area contributed by atoms with Gasteiger partial charge in [-0.15, -0.1) is 0 Å². The fourth-order valence-corrected chi connectivity index (χ4v) is 4.61. The molecule has 7 heteroatoms. The minimum Gasteiger partial charge on any atom is -0.339 e. The van der Waals surface area contributed by atoms with Gasteiger partial charge in [0.15, 0.2) is 10.6 Å². The molecule has 1 aliphatic heterocycles. The molecule has 4 rings (SSSR count). The van der Waals surface area contributed by atoms with E-state index in [1.165, 1.54) is 0 Å². The molecule has 156 valence electrons. The number of halogens is 1. The fourth-order valence-electron chi connectivity index (χ4n) is 4.17. The molecule has 1 atom stereocenters. The standard InChI is InChI=1S/C23H25ClN4OS/c1-16-6-4-8-18(14-16)22-25-26-23(30)28(22)13-11-21(29)27-12-5-9-19(27)15-17-7-2-3-10-20(17)24/h2-4,6-8,10,14,19H,5,9,11-13,15H2,1H3,(H,26,30). The van der Waals surface area contributed by atoms with Gasteiger partial charge in [-0.25, -0.2) is 0 Å². The highest BCUT2D eigenvalue weighted by atomic mass is 35.5. The molecule has 3 aromatic rings. The third-order valence-corrected chi connectivity index (χ3v) is 6.38. The van der Waals surface area contributed by atoms with E-state index in [1.54, 1.807) is 0 Å². The number of nitrogens with one attached hydrogen (secondary N) is 1. The van der Waals surface area contributed by atoms with Gasteiger partial charge < -0.3 is 4.90 Å². The van der Waals surface area contributed by atoms with Crippen molar-refractivity contribution in [2.75, 3.05) is 6.54 Å². The number of amides is 1. The van der Waals surface area contributed by atoms with E-state index in [4.69, 9.17) is 23.8 Å². The number of benzene rings is 2. The molecule has 1 aromatic heterocycles. The molecular weight excluding hydrogens is 416 g/mol. The van der Waals surface area contributed by atoms with Gasteiger partial charge in [0.25, 0.3) is 0 Å². The third kappa shape index (κ3) is 4.50. The molecule has 1 unspecified atom stereocenters. The van der Waals surface area contributed by atoms with E-state index in [0.717, 1.165) is 53.3 Å². The van der Waals surface area contributed by atoms with E-state index in [2.05, 4.69) is 16.3 Å². The van der Waals surface area contributed by atoms with Crippen molar-refractivity contribution < 1.29 is 4.79 Å². The van der Waals surface area contributed by atoms with Crippen LogP contribution < -0.4 is 0 Å². The summed E-state index contributed by atoms with van der Waals surface area (Å²) in [6.07, 6.45) is 3.23. The summed E-state index contributed by atoms with van der Waals surface area (Å²) in [6, 6.07) is 16.2. The van der Waals surface area contributed by atoms with Crippen molar-refractivity contribution in [1.29, 1.82) is 0 Å². The van der Waals surface area contributed by atoms with E-state index in [9.17, 15) is 4.79 Å². The summed E-state index contributed by atoms with van der Waals surface area (Å²) in [7, 11) is 0. The minimum atomic E-state index is 0.155. The Bertz CT molecular complexity index is 1110. The van der Waals surface area contributed by atoms with Gasteiger partial charge >= 0.3 is 0 Å². The molecule has 0 saturated carbocycles. The molecule has 1 fully saturated rings. The summed E-state index contributed by atoms with van der Waals surface area (Å²) in [5.41, 5.74) is 3.25. The zero-order valence-electron chi connectivity index (χ0n) is 17.0. The maximum Gasteiger partial charge on any atom is 0.224 e. The highest BCUT2D eigenvalue weighted by molar-refractivity contribution is 7.71. The Hall–Kier alpha value is -2.44. The van der Waals surface area contributed by atoms with E-state index < -0.39 is 0 Å². The monoisotopic (exact) mass is 440 g/mol. The number of H-pyrrole nitrogens is 1. The topological polar surface area (TPSA) is 53.9 Å². The number of carbonyl (C=O) groups is 1. The summed E-state index contributed by atoms with van der Waals surface area (Å²) >= 11 is 11.8. The van der Waals surface area contributed by atoms with Crippen LogP contribution in [0.4, 0.5) is 0 Å². The van der Waals surface area contributed by atoms with Gasteiger partial charge in [-0.3, -0.25) is 14.5 Å². The van der Waals surface area contributed by atoms with Gasteiger partial charge in [0, 0.05) is 36.1 Å². The summed E-state index contributed by atoms with van der Waals surface area (Å²) in [5.74, 6) is 0.924. The smallest absolute Gasteiger partial charge is 0.224 e. The average Bonchev–Trinajstić information content (AvgIpc) is 3.34. The molecule has 1 N–H and O–H groups in total. The Labute approximate surface area is 186 Å². The molecule has 1 aliphatic rings. The number of aromatic nitrogens is 3. The lowest BCUT2D eigenvalue weighted by Crippen LogP contribution is -2.37. The Balaban J connectivity index is 1.45. The zero-order chi connectivity index (χ0) is 21.1. The van der Waals surface area contributed by atoms with Crippen LogP contribution in [-0.2, 0) is 17.8 Å². The number of carbonyl (C=O) groups excluding carboxylic acids is 1. The molecule has 30 heavy (non-hydrogen) atoms. The van der Waals surface area contributed by atoms with E-state index >= 15 is 0 Å². The van der Waals surface area contributed by atoms with Crippen molar-refractivity contribution in [2.24, 2.45) is 0 Å². The van der Waals surface area contributed by atoms with Gasteiger partial charge in [-0.1, -0.05) is 53.6 Å². The predicted octanol–water partition coefficient (Wildman–Crippen LogP) is 5.19. The molecule has 1 saturated heterocycles. The number of hydrogen-bond acceptors (Lipinski definition) is 3. The van der Waals surface area contributed by atoms with Crippen molar-refractivity contribution in [3.05, 3.63) is 69.5 Å². The van der Waals surface area contributed by atoms with Crippen LogP contribution in [0.3, 0.4) is 0 Å². The second-order valence-electron chi connectivity index (χ2n) is 7.80. The number of aromatic amines is 1. The molecule has 2 aromatic carbocycles. The number of nitrogens with zero attached hydrogens (tertiary/aromatic N) is 3. The highest BCUT2D eigenvalue weighted by Crippen LogP contribution is 2.26. The Morgan fingerprint density at radius 2 is 2.10 bits per heavy atom. The number of aryl methyl sites for hydroxylation is 1. The van der Waals surface area contributed by atoms with Crippen LogP contribution in [0, 0.1) is 11.7 Å². The van der Waals surface area contributed by atoms with Crippen LogP contribution in [0.15, 0.2) is 48.5 Å². The van der Waals surface area contributed by atoms with Crippen LogP contribution in [0.1, 0.15) is 30.4 Å². The van der Waals surface area contributed by atoms with Crippen molar-refractivity contribution in [3.8, 4) is 11.4 Å². The lowest BCUT2D eigenvalue weighted by atomic mass is 10.0. The number of rotatable bonds is 6. The SMILES string of the molecule is Cc1cccc(-c2n[nH]c(=S)n2CCC(=O)N2CCCC2Cc2ccccc2Cl)c1. The lowest BCUT2D eigenvalue weighted by Gasteiger charge is -2.25. The predicted molar refractivity (Wildman–Crippen MR) is 122 cm³/mol. The summed E-state index contributed by atoms with van der Waals surface area (Å²) in [4.78, 5) is 15.1. The average molecular weight is 441 g/mol. The van der Waals surface area contributed by atoms with Gasteiger partial charge in [-0.2, -0.15) is 5.10 Å². The minimum absolute atomic E-state index is 0.155. The molecule has 0 bridgehead atoms. The molecule has 1 amide bonds. The van der Waals surface area contributed by atoms with Crippen LogP contribution in [0.2, 0.25) is 5.02 Å². The van der Waals surface area contributed by atoms with E-state index in [-0.39, 0.29) is 11.9 Å². The molecular formula is C23H25ClN4OS. The van der Waals surface area contributed by atoms with Gasteiger partial charge in [-0.05, 0) is 56.1 Å². The molecule has 0 radical (unpaired) electrons. The number of likely N-dealkylation sites (tertiary alicyclic amines) is 1. The second kappa shape index (κ2) is 9.14. The van der Waals surface area contributed by atoms with Crippen LogP contribution in [-0.4, -0.2) is 38.2 Å². The largest absolute Gasteiger partial charge is 0.339 e. The van der Waals surface area contributed by atoms with E-state index in [1.807, 2.05) is 58.9 Å². The fraction of sp³-hybridized carbons (Fsp3) is 0.348. The van der Waals surface area contributed by atoms with Crippen molar-refractivity contribution in [2.45, 2.75) is 45.2 Å². The number of hydrogen-bond donors (Lipinski definition) is 1. The summed E-state index contributed by atoms with van der Waals surface area (Å²) in [5, 5.41) is 8.03. The quantitative estimate of drug-likeness (QED) is 0.536. The van der Waals surface area contributed by atoms with Crippen LogP contribution in [0.5, 0.6) is 0 Å². The Kier molecular flexibility index (Phi) is 6.35. The first-order valence-electron chi connectivity index (χ1n) is 10.3. The second-order valence-corrected chi connectivity index (χ2v) is 8.60. The maximum atomic E-state index is 13.1. The van der Waals surface area contributed by atoms with Gasteiger partial charge in [0.05, 0.1) is 0 Å². The van der Waals surface area contributed by atoms with Gasteiger partial charge in [0.2, 0.25) is 5.91 Å². The Morgan fingerprint density at radius 3 is 2.90 bits per heavy atom. The Morgan fingerprint density at radius 1 is 1.27 bits per heavy atom. The maximum absolute atomic E-state index is 13.1. The molecule has 0 spiro atoms. The summed E-state index contributed by atoms with van der Waals surface area (Å²) in [6.45, 7) is 3.35. The summed E-state index contributed by atoms with van der Waals surface area (Å²) < 4.78 is 2.45. The van der Waals surface area contributed by atoms with Crippen molar-refractivity contribution in [1.82, 2.24) is 19.7 Å². The van der Waals surface area contributed by atoms with Crippen molar-refractivity contribution in [3.63, 3.8) is 0 Å². The van der Waals surface area contributed by atoms with E-state index in [0.29, 0.717) is 17.7 Å². The highest BCUT2D eigenvalue weighted by Gasteiger charge is 2.29. The van der Waals surface area contributed by atoms with Crippen LogP contribution >= 0.6 is 23.8 Å². The van der Waals surface area contributed by atoms with Gasteiger partial charge in [0.1, 0.15) is 0 Å². The first kappa shape index (κ1) is 20.8. The first-order chi connectivity index (χ1) is 14.5. The van der Waals surface area contributed by atoms with Crippen LogP contribution in [0.25, 0.3) is 11.4 Å². The zero-order valence-corrected chi connectivity index (χ0v) is 18.5. The normalized spacial score (nSPS) is 16.2. The molecule has 0 aliphatic carbocycles. The van der Waals surface area contributed by atoms with Crippen molar-refractivity contribution >= 4 is 29.7 Å². The molecule has 2 heterocycles.